The summed E-state index contributed by atoms with van der Waals surface area (Å²) in [6.45, 7) is 4.58. The zero-order chi connectivity index (χ0) is 11.1. The van der Waals surface area contributed by atoms with E-state index in [-0.39, 0.29) is 0 Å². The second-order valence-corrected chi connectivity index (χ2v) is 5.50. The SMILES string of the molecule is Clc1ccc(N2C[C@H]3CNC[C@H]3C2)cc1Cl. The highest BCUT2D eigenvalue weighted by Gasteiger charge is 2.36. The maximum absolute atomic E-state index is 6.04. The van der Waals surface area contributed by atoms with E-state index in [1.807, 2.05) is 12.1 Å². The molecule has 0 radical (unpaired) electrons. The summed E-state index contributed by atoms with van der Waals surface area (Å²) in [5.74, 6) is 1.60. The van der Waals surface area contributed by atoms with Crippen LogP contribution in [0.3, 0.4) is 0 Å². The van der Waals surface area contributed by atoms with Gasteiger partial charge in [-0.3, -0.25) is 0 Å². The van der Waals surface area contributed by atoms with Gasteiger partial charge in [-0.15, -0.1) is 0 Å². The molecule has 4 heteroatoms. The lowest BCUT2D eigenvalue weighted by Crippen LogP contribution is -2.25. The third kappa shape index (κ3) is 1.79. The van der Waals surface area contributed by atoms with Crippen LogP contribution >= 0.6 is 23.2 Å². The van der Waals surface area contributed by atoms with Crippen LogP contribution < -0.4 is 10.2 Å². The summed E-state index contributed by atoms with van der Waals surface area (Å²) >= 11 is 12.0. The molecule has 2 atom stereocenters. The van der Waals surface area contributed by atoms with Crippen molar-refractivity contribution in [1.82, 2.24) is 5.32 Å². The maximum atomic E-state index is 6.04. The fraction of sp³-hybridized carbons (Fsp3) is 0.500. The van der Waals surface area contributed by atoms with E-state index in [4.69, 9.17) is 23.2 Å². The quantitative estimate of drug-likeness (QED) is 0.832. The van der Waals surface area contributed by atoms with Crippen LogP contribution in [0.25, 0.3) is 0 Å². The molecule has 0 spiro atoms. The molecule has 1 aromatic carbocycles. The summed E-state index contributed by atoms with van der Waals surface area (Å²) in [6.07, 6.45) is 0. The van der Waals surface area contributed by atoms with Gasteiger partial charge in [-0.2, -0.15) is 0 Å². The van der Waals surface area contributed by atoms with E-state index in [1.165, 1.54) is 5.69 Å². The molecule has 0 aliphatic carbocycles. The molecule has 2 fully saturated rings. The van der Waals surface area contributed by atoms with E-state index in [0.29, 0.717) is 10.0 Å². The van der Waals surface area contributed by atoms with Gasteiger partial charge in [0.1, 0.15) is 0 Å². The van der Waals surface area contributed by atoms with Crippen molar-refractivity contribution in [2.75, 3.05) is 31.1 Å². The molecule has 0 saturated carbocycles. The number of benzene rings is 1. The lowest BCUT2D eigenvalue weighted by molar-refractivity contribution is 0.533. The third-order valence-electron chi connectivity index (χ3n) is 3.66. The van der Waals surface area contributed by atoms with Crippen molar-refractivity contribution in [3.8, 4) is 0 Å². The molecule has 0 bridgehead atoms. The first-order valence-electron chi connectivity index (χ1n) is 5.65. The molecule has 86 valence electrons. The number of nitrogens with one attached hydrogen (secondary N) is 1. The smallest absolute Gasteiger partial charge is 0.0612 e. The number of hydrogen-bond acceptors (Lipinski definition) is 2. The maximum Gasteiger partial charge on any atom is 0.0612 e. The molecule has 0 amide bonds. The Kier molecular flexibility index (Phi) is 2.74. The zero-order valence-corrected chi connectivity index (χ0v) is 10.4. The van der Waals surface area contributed by atoms with Crippen LogP contribution in [0.5, 0.6) is 0 Å². The van der Waals surface area contributed by atoms with Crippen LogP contribution in [0.2, 0.25) is 10.0 Å². The first kappa shape index (κ1) is 10.7. The molecule has 0 unspecified atom stereocenters. The lowest BCUT2D eigenvalue weighted by Gasteiger charge is -2.20. The predicted molar refractivity (Wildman–Crippen MR) is 68.5 cm³/mol. The van der Waals surface area contributed by atoms with Crippen molar-refractivity contribution >= 4 is 28.9 Å². The minimum Gasteiger partial charge on any atom is -0.371 e. The van der Waals surface area contributed by atoms with Gasteiger partial charge in [0.2, 0.25) is 0 Å². The minimum absolute atomic E-state index is 0.631. The molecule has 16 heavy (non-hydrogen) atoms. The number of fused-ring (bicyclic) bond motifs is 1. The van der Waals surface area contributed by atoms with Crippen molar-refractivity contribution in [3.05, 3.63) is 28.2 Å². The van der Waals surface area contributed by atoms with E-state index in [1.54, 1.807) is 0 Å². The van der Waals surface area contributed by atoms with Gasteiger partial charge >= 0.3 is 0 Å². The fourth-order valence-corrected chi connectivity index (χ4v) is 3.04. The Labute approximate surface area is 106 Å². The molecule has 1 aromatic rings. The van der Waals surface area contributed by atoms with Crippen LogP contribution in [0.15, 0.2) is 18.2 Å². The molecular weight excluding hydrogens is 243 g/mol. The molecule has 1 N–H and O–H groups in total. The number of hydrogen-bond donors (Lipinski definition) is 1. The van der Waals surface area contributed by atoms with E-state index in [0.717, 1.165) is 38.0 Å². The number of halogens is 2. The molecule has 2 saturated heterocycles. The minimum atomic E-state index is 0.631. The summed E-state index contributed by atoms with van der Waals surface area (Å²) in [5.41, 5.74) is 1.20. The van der Waals surface area contributed by atoms with E-state index >= 15 is 0 Å². The highest BCUT2D eigenvalue weighted by Crippen LogP contribution is 2.33. The van der Waals surface area contributed by atoms with Gasteiger partial charge in [-0.25, -0.2) is 0 Å². The second-order valence-electron chi connectivity index (χ2n) is 4.68. The highest BCUT2D eigenvalue weighted by atomic mass is 35.5. The average molecular weight is 257 g/mol. The average Bonchev–Trinajstić information content (AvgIpc) is 2.81. The standard InChI is InChI=1S/C12H14Cl2N2/c13-11-2-1-10(3-12(11)14)16-6-8-4-15-5-9(8)7-16/h1-3,8-9,15H,4-7H2/t8-,9+. The fourth-order valence-electron chi connectivity index (χ4n) is 2.75. The van der Waals surface area contributed by atoms with Gasteiger partial charge in [0.15, 0.2) is 0 Å². The normalized spacial score (nSPS) is 28.5. The van der Waals surface area contributed by atoms with Gasteiger partial charge in [0.05, 0.1) is 10.0 Å². The molecule has 3 rings (SSSR count). The Morgan fingerprint density at radius 3 is 2.38 bits per heavy atom. The summed E-state index contributed by atoms with van der Waals surface area (Å²) in [7, 11) is 0. The molecule has 2 heterocycles. The van der Waals surface area contributed by atoms with Crippen LogP contribution in [-0.2, 0) is 0 Å². The largest absolute Gasteiger partial charge is 0.371 e. The van der Waals surface area contributed by atoms with E-state index < -0.39 is 0 Å². The van der Waals surface area contributed by atoms with Gasteiger partial charge in [-0.05, 0) is 30.0 Å². The Morgan fingerprint density at radius 2 is 1.75 bits per heavy atom. The van der Waals surface area contributed by atoms with Gasteiger partial charge < -0.3 is 10.2 Å². The van der Waals surface area contributed by atoms with Gasteiger partial charge in [0, 0.05) is 31.9 Å². The second kappa shape index (κ2) is 4.10. The first-order valence-corrected chi connectivity index (χ1v) is 6.40. The van der Waals surface area contributed by atoms with Crippen LogP contribution in [0.4, 0.5) is 5.69 Å². The Balaban J connectivity index is 1.81. The Morgan fingerprint density at radius 1 is 1.06 bits per heavy atom. The van der Waals surface area contributed by atoms with Crippen LogP contribution in [0, 0.1) is 11.8 Å². The van der Waals surface area contributed by atoms with Crippen LogP contribution in [-0.4, -0.2) is 26.2 Å². The van der Waals surface area contributed by atoms with Crippen molar-refractivity contribution in [1.29, 1.82) is 0 Å². The predicted octanol–water partition coefficient (Wildman–Crippen LogP) is 2.65. The Hall–Kier alpha value is -0.440. The van der Waals surface area contributed by atoms with Crippen molar-refractivity contribution < 1.29 is 0 Å². The molecule has 0 aromatic heterocycles. The number of nitrogens with zero attached hydrogens (tertiary/aromatic N) is 1. The van der Waals surface area contributed by atoms with Crippen molar-refractivity contribution in [2.45, 2.75) is 0 Å². The van der Waals surface area contributed by atoms with E-state index in [9.17, 15) is 0 Å². The lowest BCUT2D eigenvalue weighted by atomic mass is 10.0. The summed E-state index contributed by atoms with van der Waals surface area (Å²) in [6, 6.07) is 5.91. The third-order valence-corrected chi connectivity index (χ3v) is 4.40. The topological polar surface area (TPSA) is 15.3 Å². The number of anilines is 1. The Bertz CT molecular complexity index is 396. The van der Waals surface area contributed by atoms with E-state index in [2.05, 4.69) is 16.3 Å². The zero-order valence-electron chi connectivity index (χ0n) is 8.92. The first-order chi connectivity index (χ1) is 7.74. The molecule has 2 nitrogen and oxygen atoms in total. The van der Waals surface area contributed by atoms with Gasteiger partial charge in [-0.1, -0.05) is 23.2 Å². The van der Waals surface area contributed by atoms with Crippen LogP contribution in [0.1, 0.15) is 0 Å². The van der Waals surface area contributed by atoms with Crippen molar-refractivity contribution in [3.63, 3.8) is 0 Å². The van der Waals surface area contributed by atoms with Gasteiger partial charge in [0.25, 0.3) is 0 Å². The summed E-state index contributed by atoms with van der Waals surface area (Å²) in [4.78, 5) is 2.42. The molecule has 2 aliphatic heterocycles. The highest BCUT2D eigenvalue weighted by molar-refractivity contribution is 6.42. The summed E-state index contributed by atoms with van der Waals surface area (Å²) < 4.78 is 0. The molecular formula is C12H14Cl2N2. The van der Waals surface area contributed by atoms with Crippen molar-refractivity contribution in [2.24, 2.45) is 11.8 Å². The monoisotopic (exact) mass is 256 g/mol. The number of rotatable bonds is 1. The molecule has 2 aliphatic rings. The summed E-state index contributed by atoms with van der Waals surface area (Å²) in [5, 5.41) is 4.72.